The average Bonchev–Trinajstić information content (AvgIpc) is 3.20. The zero-order chi connectivity index (χ0) is 14.8. The molecular formula is C16H11N3O2S. The number of para-hydroxylation sites is 2. The minimum atomic E-state index is 0.501. The van der Waals surface area contributed by atoms with Gasteiger partial charge in [0.25, 0.3) is 5.22 Å². The molecule has 2 aromatic carbocycles. The molecule has 0 saturated heterocycles. The van der Waals surface area contributed by atoms with E-state index in [1.165, 1.54) is 11.8 Å². The summed E-state index contributed by atoms with van der Waals surface area (Å²) in [5.41, 5.74) is 2.55. The molecule has 0 aliphatic rings. The summed E-state index contributed by atoms with van der Waals surface area (Å²) in [6.45, 7) is 0. The van der Waals surface area contributed by atoms with Crippen molar-refractivity contribution in [3.05, 3.63) is 60.5 Å². The van der Waals surface area contributed by atoms with E-state index in [9.17, 15) is 0 Å². The number of hydrogen-bond donors (Lipinski definition) is 0. The van der Waals surface area contributed by atoms with Gasteiger partial charge in [-0.15, -0.1) is 10.2 Å². The first-order valence-corrected chi connectivity index (χ1v) is 7.73. The van der Waals surface area contributed by atoms with Crippen LogP contribution in [0.3, 0.4) is 0 Å². The van der Waals surface area contributed by atoms with Crippen LogP contribution in [0.15, 0.2) is 68.7 Å². The molecule has 4 aromatic rings. The second kappa shape index (κ2) is 5.65. The summed E-state index contributed by atoms with van der Waals surface area (Å²) < 4.78 is 11.3. The fraction of sp³-hybridized carbons (Fsp3) is 0.0625. The fourth-order valence-corrected chi connectivity index (χ4v) is 2.68. The van der Waals surface area contributed by atoms with E-state index >= 15 is 0 Å². The van der Waals surface area contributed by atoms with Crippen molar-refractivity contribution < 1.29 is 8.83 Å². The van der Waals surface area contributed by atoms with Crippen molar-refractivity contribution in [2.24, 2.45) is 0 Å². The van der Waals surface area contributed by atoms with Crippen molar-refractivity contribution in [3.63, 3.8) is 0 Å². The molecule has 0 spiro atoms. The Labute approximate surface area is 130 Å². The van der Waals surface area contributed by atoms with Crippen molar-refractivity contribution in [1.82, 2.24) is 15.2 Å². The summed E-state index contributed by atoms with van der Waals surface area (Å²) >= 11 is 1.41. The van der Waals surface area contributed by atoms with E-state index in [0.29, 0.717) is 22.8 Å². The van der Waals surface area contributed by atoms with Gasteiger partial charge in [0.05, 0.1) is 5.75 Å². The van der Waals surface area contributed by atoms with Crippen LogP contribution in [-0.4, -0.2) is 15.2 Å². The zero-order valence-corrected chi connectivity index (χ0v) is 12.3. The molecule has 5 nitrogen and oxygen atoms in total. The van der Waals surface area contributed by atoms with Crippen LogP contribution < -0.4 is 0 Å². The molecule has 0 atom stereocenters. The molecule has 2 aromatic heterocycles. The summed E-state index contributed by atoms with van der Waals surface area (Å²) in [4.78, 5) is 4.42. The molecule has 0 bridgehead atoms. The second-order valence-electron chi connectivity index (χ2n) is 4.60. The third-order valence-corrected chi connectivity index (χ3v) is 3.89. The maximum absolute atomic E-state index is 5.66. The topological polar surface area (TPSA) is 65.0 Å². The predicted molar refractivity (Wildman–Crippen MR) is 83.3 cm³/mol. The Bertz CT molecular complexity index is 869. The molecular weight excluding hydrogens is 298 g/mol. The van der Waals surface area contributed by atoms with Crippen LogP contribution in [0, 0.1) is 0 Å². The summed E-state index contributed by atoms with van der Waals surface area (Å²) in [6.07, 6.45) is 0. The van der Waals surface area contributed by atoms with Gasteiger partial charge in [0.1, 0.15) is 5.52 Å². The van der Waals surface area contributed by atoms with Gasteiger partial charge in [-0.05, 0) is 24.3 Å². The highest BCUT2D eigenvalue weighted by Gasteiger charge is 2.11. The van der Waals surface area contributed by atoms with E-state index in [2.05, 4.69) is 15.2 Å². The molecule has 2 heterocycles. The van der Waals surface area contributed by atoms with Gasteiger partial charge >= 0.3 is 0 Å². The Kier molecular flexibility index (Phi) is 3.36. The first-order chi connectivity index (χ1) is 10.9. The molecule has 0 aliphatic carbocycles. The van der Waals surface area contributed by atoms with Gasteiger partial charge in [0.2, 0.25) is 11.8 Å². The standard InChI is InChI=1S/C16H11N3O2S/c1-2-6-11(7-3-1)15-18-19-16(21-15)22-10-14-17-12-8-4-5-9-13(12)20-14/h1-9H,10H2. The lowest BCUT2D eigenvalue weighted by atomic mass is 10.2. The molecule has 0 unspecified atom stereocenters. The van der Waals surface area contributed by atoms with Gasteiger partial charge in [-0.2, -0.15) is 0 Å². The van der Waals surface area contributed by atoms with Crippen LogP contribution in [0.5, 0.6) is 0 Å². The lowest BCUT2D eigenvalue weighted by molar-refractivity contribution is 0.464. The van der Waals surface area contributed by atoms with E-state index in [0.717, 1.165) is 16.7 Å². The Morgan fingerprint density at radius 2 is 1.68 bits per heavy atom. The van der Waals surface area contributed by atoms with Crippen molar-refractivity contribution in [2.45, 2.75) is 11.0 Å². The summed E-state index contributed by atoms with van der Waals surface area (Å²) in [7, 11) is 0. The molecule has 22 heavy (non-hydrogen) atoms. The summed E-state index contributed by atoms with van der Waals surface area (Å²) in [5.74, 6) is 1.71. The van der Waals surface area contributed by atoms with E-state index in [1.807, 2.05) is 54.6 Å². The van der Waals surface area contributed by atoms with Crippen molar-refractivity contribution in [2.75, 3.05) is 0 Å². The Morgan fingerprint density at radius 1 is 0.864 bits per heavy atom. The van der Waals surface area contributed by atoms with E-state index in [4.69, 9.17) is 8.83 Å². The Morgan fingerprint density at radius 3 is 2.55 bits per heavy atom. The van der Waals surface area contributed by atoms with Crippen molar-refractivity contribution >= 4 is 22.9 Å². The summed E-state index contributed by atoms with van der Waals surface area (Å²) in [5, 5.41) is 8.59. The number of rotatable bonds is 4. The van der Waals surface area contributed by atoms with Gasteiger partial charge < -0.3 is 8.83 Å². The van der Waals surface area contributed by atoms with Crippen LogP contribution in [-0.2, 0) is 5.75 Å². The minimum Gasteiger partial charge on any atom is -0.440 e. The van der Waals surface area contributed by atoms with Crippen LogP contribution in [0.4, 0.5) is 0 Å². The molecule has 6 heteroatoms. The third kappa shape index (κ3) is 2.60. The molecule has 0 aliphatic heterocycles. The van der Waals surface area contributed by atoms with Gasteiger partial charge in [-0.1, -0.05) is 42.1 Å². The van der Waals surface area contributed by atoms with Gasteiger partial charge in [-0.25, -0.2) is 4.98 Å². The predicted octanol–water partition coefficient (Wildman–Crippen LogP) is 4.17. The maximum Gasteiger partial charge on any atom is 0.277 e. The smallest absolute Gasteiger partial charge is 0.277 e. The first kappa shape index (κ1) is 13.1. The van der Waals surface area contributed by atoms with Gasteiger partial charge in [0.15, 0.2) is 5.58 Å². The van der Waals surface area contributed by atoms with Crippen LogP contribution >= 0.6 is 11.8 Å². The molecule has 0 fully saturated rings. The van der Waals surface area contributed by atoms with Crippen LogP contribution in [0.25, 0.3) is 22.6 Å². The minimum absolute atomic E-state index is 0.501. The highest BCUT2D eigenvalue weighted by molar-refractivity contribution is 7.98. The van der Waals surface area contributed by atoms with Crippen molar-refractivity contribution in [1.29, 1.82) is 0 Å². The molecule has 108 valence electrons. The largest absolute Gasteiger partial charge is 0.440 e. The highest BCUT2D eigenvalue weighted by atomic mass is 32.2. The number of nitrogens with zero attached hydrogens (tertiary/aromatic N) is 3. The molecule has 0 saturated carbocycles. The lowest BCUT2D eigenvalue weighted by Gasteiger charge is -1.92. The Balaban J connectivity index is 1.49. The molecule has 0 radical (unpaired) electrons. The third-order valence-electron chi connectivity index (χ3n) is 3.08. The quantitative estimate of drug-likeness (QED) is 0.527. The van der Waals surface area contributed by atoms with Crippen LogP contribution in [0.1, 0.15) is 5.89 Å². The van der Waals surface area contributed by atoms with E-state index < -0.39 is 0 Å². The number of oxazole rings is 1. The average molecular weight is 309 g/mol. The second-order valence-corrected chi connectivity index (χ2v) is 5.53. The molecule has 0 amide bonds. The van der Waals surface area contributed by atoms with E-state index in [-0.39, 0.29) is 0 Å². The monoisotopic (exact) mass is 309 g/mol. The fourth-order valence-electron chi connectivity index (χ4n) is 2.07. The molecule has 0 N–H and O–H groups in total. The van der Waals surface area contributed by atoms with Crippen LogP contribution in [0.2, 0.25) is 0 Å². The number of aromatic nitrogens is 3. The van der Waals surface area contributed by atoms with E-state index in [1.54, 1.807) is 0 Å². The number of hydrogen-bond acceptors (Lipinski definition) is 6. The summed E-state index contributed by atoms with van der Waals surface area (Å²) in [6, 6.07) is 17.4. The normalized spacial score (nSPS) is 11.1. The zero-order valence-electron chi connectivity index (χ0n) is 11.5. The SMILES string of the molecule is c1ccc(-c2nnc(SCc3nc4ccccc4o3)o2)cc1. The maximum atomic E-state index is 5.66. The van der Waals surface area contributed by atoms with Gasteiger partial charge in [-0.3, -0.25) is 0 Å². The molecule has 4 rings (SSSR count). The van der Waals surface area contributed by atoms with Crippen molar-refractivity contribution in [3.8, 4) is 11.5 Å². The van der Waals surface area contributed by atoms with Gasteiger partial charge in [0, 0.05) is 5.56 Å². The first-order valence-electron chi connectivity index (χ1n) is 6.75. The highest BCUT2D eigenvalue weighted by Crippen LogP contribution is 2.26. The number of benzene rings is 2. The number of fused-ring (bicyclic) bond motifs is 1. The lowest BCUT2D eigenvalue weighted by Crippen LogP contribution is -1.79. The number of thioether (sulfide) groups is 1. The Hall–Kier alpha value is -2.60.